The van der Waals surface area contributed by atoms with Crippen LogP contribution in [0.25, 0.3) is 0 Å². The lowest BCUT2D eigenvalue weighted by Crippen LogP contribution is -2.62. The summed E-state index contributed by atoms with van der Waals surface area (Å²) in [6.07, 6.45) is 1.44. The van der Waals surface area contributed by atoms with Crippen LogP contribution >= 0.6 is 0 Å². The van der Waals surface area contributed by atoms with Gasteiger partial charge in [-0.1, -0.05) is 37.3 Å². The Kier molecular flexibility index (Phi) is 5.80. The number of nitrogens with one attached hydrogen (secondary N) is 1. The van der Waals surface area contributed by atoms with Gasteiger partial charge in [-0.25, -0.2) is 4.79 Å². The molecule has 0 aromatic heterocycles. The summed E-state index contributed by atoms with van der Waals surface area (Å²) in [4.78, 5) is 14.4. The minimum absolute atomic E-state index is 0.0143. The summed E-state index contributed by atoms with van der Waals surface area (Å²) >= 11 is 0. The summed E-state index contributed by atoms with van der Waals surface area (Å²) in [5, 5.41) is 12.6. The molecule has 0 spiro atoms. The van der Waals surface area contributed by atoms with Gasteiger partial charge < -0.3 is 20.1 Å². The quantitative estimate of drug-likeness (QED) is 0.873. The highest BCUT2D eigenvalue weighted by Gasteiger charge is 2.40. The lowest BCUT2D eigenvalue weighted by molar-refractivity contribution is 0.0530. The van der Waals surface area contributed by atoms with E-state index in [-0.39, 0.29) is 19.1 Å². The van der Waals surface area contributed by atoms with Crippen LogP contribution in [0.2, 0.25) is 0 Å². The maximum Gasteiger partial charge on any atom is 0.407 e. The van der Waals surface area contributed by atoms with Gasteiger partial charge in [0.15, 0.2) is 0 Å². The molecule has 2 rings (SSSR count). The molecule has 0 saturated carbocycles. The number of likely N-dealkylation sites (tertiary alicyclic amines) is 1. The third-order valence-corrected chi connectivity index (χ3v) is 4.50. The van der Waals surface area contributed by atoms with Gasteiger partial charge >= 0.3 is 6.09 Å². The van der Waals surface area contributed by atoms with Crippen molar-refractivity contribution in [2.45, 2.75) is 31.9 Å². The average Bonchev–Trinajstić information content (AvgIpc) is 2.53. The van der Waals surface area contributed by atoms with E-state index in [0.717, 1.165) is 31.5 Å². The Morgan fingerprint density at radius 2 is 2.18 bits per heavy atom. The van der Waals surface area contributed by atoms with Gasteiger partial charge in [-0.3, -0.25) is 0 Å². The van der Waals surface area contributed by atoms with Crippen molar-refractivity contribution in [3.63, 3.8) is 0 Å². The molecule has 2 unspecified atom stereocenters. The zero-order valence-electron chi connectivity index (χ0n) is 13.4. The Morgan fingerprint density at radius 3 is 2.82 bits per heavy atom. The standard InChI is InChI=1S/C17H26N2O3/c1-14(11-20)17(9-6-10-19(2)13-17)18-16(21)22-12-15-7-4-3-5-8-15/h3-5,7-8,14,20H,6,9-13H2,1-2H3,(H,18,21). The second kappa shape index (κ2) is 7.61. The minimum atomic E-state index is -0.421. The predicted molar refractivity (Wildman–Crippen MR) is 85.5 cm³/mol. The number of alkyl carbamates (subject to hydrolysis) is 1. The summed E-state index contributed by atoms with van der Waals surface area (Å²) in [6, 6.07) is 9.62. The second-order valence-corrected chi connectivity index (χ2v) is 6.27. The minimum Gasteiger partial charge on any atom is -0.445 e. The number of amides is 1. The first-order valence-electron chi connectivity index (χ1n) is 7.84. The van der Waals surface area contributed by atoms with Crippen molar-refractivity contribution in [3.05, 3.63) is 35.9 Å². The number of nitrogens with zero attached hydrogens (tertiary/aromatic N) is 1. The molecule has 2 N–H and O–H groups in total. The van der Waals surface area contributed by atoms with Crippen LogP contribution in [0.15, 0.2) is 30.3 Å². The van der Waals surface area contributed by atoms with E-state index in [1.165, 1.54) is 0 Å². The Hall–Kier alpha value is -1.59. The molecule has 1 saturated heterocycles. The number of hydrogen-bond acceptors (Lipinski definition) is 4. The maximum atomic E-state index is 12.2. The molecule has 0 radical (unpaired) electrons. The van der Waals surface area contributed by atoms with Crippen molar-refractivity contribution < 1.29 is 14.6 Å². The molecule has 1 amide bonds. The van der Waals surface area contributed by atoms with Crippen LogP contribution in [0, 0.1) is 5.92 Å². The van der Waals surface area contributed by atoms with E-state index in [2.05, 4.69) is 10.2 Å². The van der Waals surface area contributed by atoms with E-state index >= 15 is 0 Å². The fourth-order valence-electron chi connectivity index (χ4n) is 3.07. The van der Waals surface area contributed by atoms with Crippen molar-refractivity contribution in [1.29, 1.82) is 0 Å². The number of carbonyl (C=O) groups excluding carboxylic acids is 1. The number of benzene rings is 1. The van der Waals surface area contributed by atoms with Gasteiger partial charge in [0.2, 0.25) is 0 Å². The van der Waals surface area contributed by atoms with Crippen molar-refractivity contribution in [3.8, 4) is 0 Å². The number of hydrogen-bond donors (Lipinski definition) is 2. The van der Waals surface area contributed by atoms with Crippen LogP contribution in [-0.4, -0.2) is 48.4 Å². The third kappa shape index (κ3) is 4.21. The lowest BCUT2D eigenvalue weighted by Gasteiger charge is -2.45. The van der Waals surface area contributed by atoms with E-state index in [1.54, 1.807) is 0 Å². The van der Waals surface area contributed by atoms with Crippen LogP contribution < -0.4 is 5.32 Å². The van der Waals surface area contributed by atoms with Gasteiger partial charge in [0.05, 0.1) is 5.54 Å². The fraction of sp³-hybridized carbons (Fsp3) is 0.588. The number of carbonyl (C=O) groups is 1. The van der Waals surface area contributed by atoms with E-state index in [1.807, 2.05) is 44.3 Å². The normalized spacial score (nSPS) is 23.8. The molecule has 1 aromatic rings. The van der Waals surface area contributed by atoms with Crippen LogP contribution in [-0.2, 0) is 11.3 Å². The molecule has 0 bridgehead atoms. The summed E-state index contributed by atoms with van der Waals surface area (Å²) in [5.74, 6) is -0.0143. The summed E-state index contributed by atoms with van der Waals surface area (Å²) in [7, 11) is 2.04. The highest BCUT2D eigenvalue weighted by molar-refractivity contribution is 5.68. The van der Waals surface area contributed by atoms with Gasteiger partial charge in [0, 0.05) is 19.1 Å². The van der Waals surface area contributed by atoms with E-state index in [9.17, 15) is 9.90 Å². The van der Waals surface area contributed by atoms with Gasteiger partial charge in [0.25, 0.3) is 0 Å². The predicted octanol–water partition coefficient (Wildman–Crippen LogP) is 2.01. The number of aliphatic hydroxyl groups excluding tert-OH is 1. The van der Waals surface area contributed by atoms with E-state index in [0.29, 0.717) is 0 Å². The van der Waals surface area contributed by atoms with Gasteiger partial charge in [-0.05, 0) is 32.0 Å². The zero-order chi connectivity index (χ0) is 16.0. The fourth-order valence-corrected chi connectivity index (χ4v) is 3.07. The molecular formula is C17H26N2O3. The first-order valence-corrected chi connectivity index (χ1v) is 7.84. The van der Waals surface area contributed by atoms with Crippen molar-refractivity contribution in [2.75, 3.05) is 26.7 Å². The number of rotatable bonds is 5. The monoisotopic (exact) mass is 306 g/mol. The summed E-state index contributed by atoms with van der Waals surface area (Å²) in [5.41, 5.74) is 0.540. The Bertz CT molecular complexity index is 480. The molecular weight excluding hydrogens is 280 g/mol. The Balaban J connectivity index is 1.96. The van der Waals surface area contributed by atoms with Crippen molar-refractivity contribution in [2.24, 2.45) is 5.92 Å². The first kappa shape index (κ1) is 16.8. The third-order valence-electron chi connectivity index (χ3n) is 4.50. The van der Waals surface area contributed by atoms with Gasteiger partial charge in [-0.2, -0.15) is 0 Å². The van der Waals surface area contributed by atoms with Gasteiger partial charge in [-0.15, -0.1) is 0 Å². The Labute approximate surface area is 132 Å². The number of aliphatic hydroxyl groups is 1. The van der Waals surface area contributed by atoms with Crippen LogP contribution in [0.1, 0.15) is 25.3 Å². The van der Waals surface area contributed by atoms with Gasteiger partial charge in [0.1, 0.15) is 6.61 Å². The van der Waals surface area contributed by atoms with Crippen LogP contribution in [0.3, 0.4) is 0 Å². The maximum absolute atomic E-state index is 12.2. The number of ether oxygens (including phenoxy) is 1. The summed E-state index contributed by atoms with van der Waals surface area (Å²) in [6.45, 7) is 4.02. The molecule has 5 nitrogen and oxygen atoms in total. The second-order valence-electron chi connectivity index (χ2n) is 6.27. The average molecular weight is 306 g/mol. The molecule has 122 valence electrons. The largest absolute Gasteiger partial charge is 0.445 e. The van der Waals surface area contributed by atoms with E-state index < -0.39 is 11.6 Å². The first-order chi connectivity index (χ1) is 10.6. The molecule has 1 aliphatic heterocycles. The van der Waals surface area contributed by atoms with Crippen LogP contribution in [0.5, 0.6) is 0 Å². The molecule has 1 aliphatic rings. The molecule has 22 heavy (non-hydrogen) atoms. The molecule has 1 fully saturated rings. The number of likely N-dealkylation sites (N-methyl/N-ethyl adjacent to an activating group) is 1. The van der Waals surface area contributed by atoms with Crippen molar-refractivity contribution in [1.82, 2.24) is 10.2 Å². The van der Waals surface area contributed by atoms with Crippen molar-refractivity contribution >= 4 is 6.09 Å². The summed E-state index contributed by atoms with van der Waals surface area (Å²) < 4.78 is 5.34. The Morgan fingerprint density at radius 1 is 1.45 bits per heavy atom. The van der Waals surface area contributed by atoms with Crippen LogP contribution in [0.4, 0.5) is 4.79 Å². The molecule has 2 atom stereocenters. The number of piperidine rings is 1. The molecule has 5 heteroatoms. The van der Waals surface area contributed by atoms with E-state index in [4.69, 9.17) is 4.74 Å². The lowest BCUT2D eigenvalue weighted by atomic mass is 9.79. The smallest absolute Gasteiger partial charge is 0.407 e. The molecule has 1 heterocycles. The molecule has 1 aromatic carbocycles. The SMILES string of the molecule is CC(CO)C1(NC(=O)OCc2ccccc2)CCCN(C)C1. The zero-order valence-corrected chi connectivity index (χ0v) is 13.4. The highest BCUT2D eigenvalue weighted by atomic mass is 16.5. The molecule has 0 aliphatic carbocycles. The highest BCUT2D eigenvalue weighted by Crippen LogP contribution is 2.28. The topological polar surface area (TPSA) is 61.8 Å².